The summed E-state index contributed by atoms with van der Waals surface area (Å²) in [5.41, 5.74) is 0. The average Bonchev–Trinajstić information content (AvgIpc) is 3.37. The number of hydrogen-bond acceptors (Lipinski definition) is 10. The van der Waals surface area contributed by atoms with Crippen molar-refractivity contribution in [3.63, 3.8) is 0 Å². The Kier molecular flexibility index (Phi) is 47.9. The van der Waals surface area contributed by atoms with Crippen LogP contribution in [0.15, 0.2) is 0 Å². The Hall–Kier alpha value is -0.890. The first-order chi connectivity index (χ1) is 34.7. The number of ether oxygens (including phenoxy) is 2. The summed E-state index contributed by atoms with van der Waals surface area (Å²) in [4.78, 5) is 13.2. The molecular weight excluding hydrogens is 895 g/mol. The van der Waals surface area contributed by atoms with Crippen LogP contribution < -0.4 is 5.32 Å². The smallest absolute Gasteiger partial charge is 0.249 e. The van der Waals surface area contributed by atoms with Crippen LogP contribution in [0, 0.1) is 0 Å². The van der Waals surface area contributed by atoms with E-state index in [2.05, 4.69) is 19.2 Å². The highest BCUT2D eigenvalue weighted by molar-refractivity contribution is 5.80. The molecule has 0 radical (unpaired) electrons. The zero-order chi connectivity index (χ0) is 51.8. The first-order valence-electron chi connectivity index (χ1n) is 30.9. The van der Waals surface area contributed by atoms with Crippen LogP contribution in [-0.4, -0.2) is 110 Å². The average molecular weight is 1010 g/mol. The molecule has 1 heterocycles. The zero-order valence-electron chi connectivity index (χ0n) is 46.5. The van der Waals surface area contributed by atoms with Crippen molar-refractivity contribution >= 4 is 5.91 Å². The van der Waals surface area contributed by atoms with E-state index >= 15 is 0 Å². The van der Waals surface area contributed by atoms with E-state index in [1.165, 1.54) is 231 Å². The molecule has 9 atom stereocenters. The van der Waals surface area contributed by atoms with E-state index in [0.717, 1.165) is 38.5 Å². The van der Waals surface area contributed by atoms with Crippen LogP contribution in [-0.2, 0) is 14.3 Å². The van der Waals surface area contributed by atoms with Gasteiger partial charge in [0.05, 0.1) is 25.4 Å². The van der Waals surface area contributed by atoms with Crippen LogP contribution in [0.25, 0.3) is 0 Å². The van der Waals surface area contributed by atoms with Crippen LogP contribution in [0.3, 0.4) is 0 Å². The van der Waals surface area contributed by atoms with E-state index < -0.39 is 74.2 Å². The van der Waals surface area contributed by atoms with Crippen molar-refractivity contribution in [3.8, 4) is 0 Å². The molecule has 0 spiro atoms. The standard InChI is InChI=1S/C60H119NO10/c1-3-5-7-9-11-13-15-17-19-21-22-23-24-25-26-27-28-29-30-32-34-36-38-40-42-44-46-48-53(64)59(69)61-51(50-70-60-58(68)57(67)56(66)54(49-62)71-60)55(65)52(63)47-45-43-41-39-37-35-33-31-20-18-16-14-12-10-8-6-4-2/h51-58,60,62-68H,3-50H2,1-2H3,(H,61,69). The lowest BCUT2D eigenvalue weighted by atomic mass is 9.98. The van der Waals surface area contributed by atoms with Crippen LogP contribution >= 0.6 is 0 Å². The molecule has 0 saturated carbocycles. The van der Waals surface area contributed by atoms with Gasteiger partial charge in [0.15, 0.2) is 6.29 Å². The molecule has 9 unspecified atom stereocenters. The third-order valence-electron chi connectivity index (χ3n) is 15.4. The van der Waals surface area contributed by atoms with E-state index in [-0.39, 0.29) is 6.42 Å². The van der Waals surface area contributed by atoms with E-state index in [1.54, 1.807) is 0 Å². The summed E-state index contributed by atoms with van der Waals surface area (Å²) < 4.78 is 11.2. The quantitative estimate of drug-likeness (QED) is 0.0272. The lowest BCUT2D eigenvalue weighted by Gasteiger charge is -2.40. The van der Waals surface area contributed by atoms with Gasteiger partial charge in [-0.2, -0.15) is 0 Å². The molecule has 11 heteroatoms. The molecule has 1 saturated heterocycles. The van der Waals surface area contributed by atoms with Gasteiger partial charge in [-0.15, -0.1) is 0 Å². The first-order valence-corrected chi connectivity index (χ1v) is 30.9. The predicted octanol–water partition coefficient (Wildman–Crippen LogP) is 13.4. The Morgan fingerprint density at radius 1 is 0.437 bits per heavy atom. The van der Waals surface area contributed by atoms with Gasteiger partial charge in [0, 0.05) is 0 Å². The molecule has 0 aromatic heterocycles. The Morgan fingerprint density at radius 3 is 1.04 bits per heavy atom. The highest BCUT2D eigenvalue weighted by Gasteiger charge is 2.44. The van der Waals surface area contributed by atoms with Gasteiger partial charge < -0.3 is 50.5 Å². The second-order valence-corrected chi connectivity index (χ2v) is 22.1. The third-order valence-corrected chi connectivity index (χ3v) is 15.4. The monoisotopic (exact) mass is 1010 g/mol. The Bertz CT molecular complexity index is 1120. The van der Waals surface area contributed by atoms with Crippen LogP contribution in [0.1, 0.15) is 309 Å². The number of carbonyl (C=O) groups is 1. The fourth-order valence-electron chi connectivity index (χ4n) is 10.4. The number of rotatable bonds is 54. The SMILES string of the molecule is CCCCCCCCCCCCCCCCCCCCCCCCCCCCCC(O)C(=O)NC(COC1OC(CO)C(O)C(O)C1O)C(O)C(O)CCCCCCCCCCCCCCCCCCC. The van der Waals surface area contributed by atoms with Crippen molar-refractivity contribution in [2.24, 2.45) is 0 Å². The molecule has 1 aliphatic heterocycles. The summed E-state index contributed by atoms with van der Waals surface area (Å²) in [6.45, 7) is 3.50. The molecule has 1 amide bonds. The largest absolute Gasteiger partial charge is 0.394 e. The fourth-order valence-corrected chi connectivity index (χ4v) is 10.4. The minimum Gasteiger partial charge on any atom is -0.394 e. The zero-order valence-corrected chi connectivity index (χ0v) is 46.5. The number of nitrogens with one attached hydrogen (secondary N) is 1. The van der Waals surface area contributed by atoms with Crippen molar-refractivity contribution in [2.75, 3.05) is 13.2 Å². The minimum atomic E-state index is -1.66. The van der Waals surface area contributed by atoms with Crippen molar-refractivity contribution in [1.29, 1.82) is 0 Å². The highest BCUT2D eigenvalue weighted by Crippen LogP contribution is 2.24. The molecule has 8 N–H and O–H groups in total. The van der Waals surface area contributed by atoms with Gasteiger partial charge in [0.25, 0.3) is 0 Å². The summed E-state index contributed by atoms with van der Waals surface area (Å²) in [5, 5.41) is 76.2. The van der Waals surface area contributed by atoms with E-state index in [0.29, 0.717) is 19.3 Å². The molecule has 1 aliphatic rings. The number of carbonyl (C=O) groups excluding carboxylic acids is 1. The summed E-state index contributed by atoms with van der Waals surface area (Å²) in [5.74, 6) is -0.689. The summed E-state index contributed by atoms with van der Waals surface area (Å²) in [6, 6.07) is -1.16. The Balaban J connectivity index is 2.23. The second kappa shape index (κ2) is 50.0. The topological polar surface area (TPSA) is 189 Å². The first kappa shape index (κ1) is 68.1. The summed E-state index contributed by atoms with van der Waals surface area (Å²) in [7, 11) is 0. The van der Waals surface area contributed by atoms with Gasteiger partial charge >= 0.3 is 0 Å². The lowest BCUT2D eigenvalue weighted by Crippen LogP contribution is -2.60. The molecule has 1 rings (SSSR count). The lowest BCUT2D eigenvalue weighted by molar-refractivity contribution is -0.303. The fraction of sp³-hybridized carbons (Fsp3) is 0.983. The molecule has 11 nitrogen and oxygen atoms in total. The van der Waals surface area contributed by atoms with E-state index in [4.69, 9.17) is 9.47 Å². The van der Waals surface area contributed by atoms with Gasteiger partial charge in [0.2, 0.25) is 5.91 Å². The van der Waals surface area contributed by atoms with E-state index in [9.17, 15) is 40.5 Å². The number of hydrogen-bond donors (Lipinski definition) is 8. The van der Waals surface area contributed by atoms with Gasteiger partial charge in [0.1, 0.15) is 36.6 Å². The molecular formula is C60H119NO10. The third kappa shape index (κ3) is 38.3. The summed E-state index contributed by atoms with van der Waals surface area (Å²) in [6.07, 6.45) is 45.9. The van der Waals surface area contributed by atoms with Crippen molar-refractivity contribution in [2.45, 2.75) is 364 Å². The normalized spacial score (nSPS) is 20.0. The van der Waals surface area contributed by atoms with Crippen LogP contribution in [0.4, 0.5) is 0 Å². The molecule has 0 aromatic rings. The maximum Gasteiger partial charge on any atom is 0.249 e. The van der Waals surface area contributed by atoms with Gasteiger partial charge in [-0.05, 0) is 12.8 Å². The molecule has 0 aromatic carbocycles. The van der Waals surface area contributed by atoms with Gasteiger partial charge in [-0.25, -0.2) is 0 Å². The van der Waals surface area contributed by atoms with Crippen molar-refractivity contribution in [1.82, 2.24) is 5.32 Å². The van der Waals surface area contributed by atoms with Gasteiger partial charge in [-0.3, -0.25) is 4.79 Å². The molecule has 71 heavy (non-hydrogen) atoms. The van der Waals surface area contributed by atoms with Crippen LogP contribution in [0.2, 0.25) is 0 Å². The number of aliphatic hydroxyl groups excluding tert-OH is 7. The molecule has 1 fully saturated rings. The number of aliphatic hydroxyl groups is 7. The highest BCUT2D eigenvalue weighted by atomic mass is 16.7. The maximum atomic E-state index is 13.2. The molecule has 0 bridgehead atoms. The molecule has 0 aliphatic carbocycles. The Labute approximate surface area is 437 Å². The summed E-state index contributed by atoms with van der Waals surface area (Å²) >= 11 is 0. The second-order valence-electron chi connectivity index (χ2n) is 22.1. The number of amides is 1. The molecule has 424 valence electrons. The van der Waals surface area contributed by atoms with Crippen molar-refractivity contribution in [3.05, 3.63) is 0 Å². The van der Waals surface area contributed by atoms with Crippen molar-refractivity contribution < 1.29 is 50.0 Å². The van der Waals surface area contributed by atoms with Crippen LogP contribution in [0.5, 0.6) is 0 Å². The minimum absolute atomic E-state index is 0.267. The van der Waals surface area contributed by atoms with E-state index in [1.807, 2.05) is 0 Å². The number of unbranched alkanes of at least 4 members (excludes halogenated alkanes) is 42. The van der Waals surface area contributed by atoms with Gasteiger partial charge in [-0.1, -0.05) is 296 Å². The predicted molar refractivity (Wildman–Crippen MR) is 293 cm³/mol. The Morgan fingerprint density at radius 2 is 0.732 bits per heavy atom. The maximum absolute atomic E-state index is 13.2.